The molecule has 75 valence electrons. The number of nitrogens with one attached hydrogen (secondary N) is 2. The standard InChI is InChI=1S/2C3H5NO.C3H5.Sn/c2*1-2-3(4)5;1-3-2;/h2*2H,1H2,(H2,4,5);3H,1-2H2;/q;;;+2/p-2. The zero-order chi connectivity index (χ0) is 11.0. The van der Waals surface area contributed by atoms with Crippen molar-refractivity contribution in [3.63, 3.8) is 0 Å². The maximum atomic E-state index is 11.0. The third kappa shape index (κ3) is 5.58. The average molecular weight is 300 g/mol. The van der Waals surface area contributed by atoms with Gasteiger partial charge in [-0.25, -0.2) is 0 Å². The molecule has 0 aromatic carbocycles. The molecule has 0 aromatic heterocycles. The van der Waals surface area contributed by atoms with Crippen LogP contribution in [0, 0.1) is 0 Å². The van der Waals surface area contributed by atoms with Crippen molar-refractivity contribution >= 4 is 32.1 Å². The Balaban J connectivity index is 4.20. The molecule has 0 spiro atoms. The predicted molar refractivity (Wildman–Crippen MR) is 57.4 cm³/mol. The second kappa shape index (κ2) is 7.37. The first kappa shape index (κ1) is 13.0. The van der Waals surface area contributed by atoms with Crippen molar-refractivity contribution in [3.05, 3.63) is 38.0 Å². The molecule has 0 rings (SSSR count). The Bertz CT molecular complexity index is 242. The molecule has 0 aromatic rings. The zero-order valence-corrected chi connectivity index (χ0v) is 10.7. The van der Waals surface area contributed by atoms with Gasteiger partial charge in [0.1, 0.15) is 0 Å². The Kier molecular flexibility index (Phi) is 6.82. The van der Waals surface area contributed by atoms with Gasteiger partial charge in [-0.1, -0.05) is 0 Å². The number of hydrogen-bond donors (Lipinski definition) is 2. The van der Waals surface area contributed by atoms with E-state index >= 15 is 0 Å². The third-order valence-corrected chi connectivity index (χ3v) is 6.39. The topological polar surface area (TPSA) is 58.2 Å². The summed E-state index contributed by atoms with van der Waals surface area (Å²) in [5.41, 5.74) is 0. The van der Waals surface area contributed by atoms with E-state index in [-0.39, 0.29) is 11.8 Å². The minimum atomic E-state index is -2.42. The molecule has 0 fully saturated rings. The van der Waals surface area contributed by atoms with Crippen molar-refractivity contribution in [2.24, 2.45) is 0 Å². The maximum absolute atomic E-state index is 11.0. The number of amides is 2. The van der Waals surface area contributed by atoms with Gasteiger partial charge in [-0.05, 0) is 0 Å². The Labute approximate surface area is 91.2 Å². The molecule has 0 aliphatic carbocycles. The number of hydrogen-bond acceptors (Lipinski definition) is 2. The van der Waals surface area contributed by atoms with Crippen LogP contribution >= 0.6 is 0 Å². The first-order chi connectivity index (χ1) is 6.63. The van der Waals surface area contributed by atoms with E-state index in [1.54, 1.807) is 6.08 Å². The summed E-state index contributed by atoms with van der Waals surface area (Å²) < 4.78 is 6.08. The fraction of sp³-hybridized carbons (Fsp3) is 0.111. The van der Waals surface area contributed by atoms with E-state index in [9.17, 15) is 9.59 Å². The van der Waals surface area contributed by atoms with Gasteiger partial charge in [0.05, 0.1) is 0 Å². The van der Waals surface area contributed by atoms with Crippen LogP contribution in [-0.4, -0.2) is 32.1 Å². The van der Waals surface area contributed by atoms with E-state index in [0.717, 1.165) is 0 Å². The molecule has 0 atom stereocenters. The van der Waals surface area contributed by atoms with E-state index in [4.69, 9.17) is 0 Å². The molecule has 1 radical (unpaired) electrons. The van der Waals surface area contributed by atoms with Gasteiger partial charge >= 0.3 is 91.2 Å². The van der Waals surface area contributed by atoms with Crippen molar-refractivity contribution < 1.29 is 9.59 Å². The summed E-state index contributed by atoms with van der Waals surface area (Å²) in [6.45, 7) is 10.2. The molecule has 0 aliphatic heterocycles. The fourth-order valence-electron chi connectivity index (χ4n) is 0.677. The Hall–Kier alpha value is -1.04. The van der Waals surface area contributed by atoms with Crippen LogP contribution in [0.25, 0.3) is 0 Å². The first-order valence-electron chi connectivity index (χ1n) is 3.97. The fourth-order valence-corrected chi connectivity index (χ4v) is 4.54. The molecule has 0 bridgehead atoms. The minimum absolute atomic E-state index is 0.259. The molecule has 14 heavy (non-hydrogen) atoms. The van der Waals surface area contributed by atoms with Crippen LogP contribution in [0.3, 0.4) is 0 Å². The number of carbonyl (C=O) groups is 2. The van der Waals surface area contributed by atoms with Crippen molar-refractivity contribution in [2.45, 2.75) is 4.44 Å². The van der Waals surface area contributed by atoms with Gasteiger partial charge in [0.25, 0.3) is 0 Å². The molecular formula is C9H13N2O2Sn. The number of allylic oxidation sites excluding steroid dienone is 1. The summed E-state index contributed by atoms with van der Waals surface area (Å²) in [6.07, 6.45) is 4.05. The van der Waals surface area contributed by atoms with Crippen LogP contribution in [0.2, 0.25) is 4.44 Å². The Morgan fingerprint density at radius 1 is 1.07 bits per heavy atom. The van der Waals surface area contributed by atoms with Crippen LogP contribution in [-0.2, 0) is 9.59 Å². The second-order valence-electron chi connectivity index (χ2n) is 2.36. The summed E-state index contributed by atoms with van der Waals surface area (Å²) in [5, 5.41) is 0. The Morgan fingerprint density at radius 3 is 1.79 bits per heavy atom. The van der Waals surface area contributed by atoms with E-state index < -0.39 is 20.3 Å². The molecule has 0 aliphatic rings. The van der Waals surface area contributed by atoms with Gasteiger partial charge < -0.3 is 0 Å². The molecule has 5 heteroatoms. The second-order valence-corrected chi connectivity index (χ2v) is 7.68. The van der Waals surface area contributed by atoms with Gasteiger partial charge in [-0.15, -0.1) is 0 Å². The normalized spacial score (nSPS) is 8.93. The van der Waals surface area contributed by atoms with Gasteiger partial charge in [0.2, 0.25) is 0 Å². The summed E-state index contributed by atoms with van der Waals surface area (Å²) in [7, 11) is 0. The zero-order valence-electron chi connectivity index (χ0n) is 7.88. The van der Waals surface area contributed by atoms with Crippen molar-refractivity contribution in [1.29, 1.82) is 0 Å². The summed E-state index contributed by atoms with van der Waals surface area (Å²) >= 11 is -2.42. The van der Waals surface area contributed by atoms with E-state index in [1.165, 1.54) is 12.2 Å². The molecule has 2 N–H and O–H groups in total. The van der Waals surface area contributed by atoms with Gasteiger partial charge in [0, 0.05) is 0 Å². The Morgan fingerprint density at radius 2 is 1.50 bits per heavy atom. The van der Waals surface area contributed by atoms with Crippen LogP contribution in [0.4, 0.5) is 0 Å². The SMILES string of the molecule is C=C[CH2][Sn]([NH]C(=O)C=C)[NH]C(=O)C=C. The summed E-state index contributed by atoms with van der Waals surface area (Å²) in [5.74, 6) is -0.517. The molecule has 4 nitrogen and oxygen atoms in total. The third-order valence-electron chi connectivity index (χ3n) is 1.27. The van der Waals surface area contributed by atoms with E-state index in [2.05, 4.69) is 26.8 Å². The van der Waals surface area contributed by atoms with E-state index in [0.29, 0.717) is 4.44 Å². The van der Waals surface area contributed by atoms with E-state index in [1.807, 2.05) is 0 Å². The molecule has 0 unspecified atom stereocenters. The first-order valence-corrected chi connectivity index (χ1v) is 8.84. The summed E-state index contributed by atoms with van der Waals surface area (Å²) in [6, 6.07) is 0. The molecule has 2 amide bonds. The van der Waals surface area contributed by atoms with Crippen LogP contribution in [0.15, 0.2) is 38.0 Å². The van der Waals surface area contributed by atoms with Crippen molar-refractivity contribution in [1.82, 2.24) is 7.08 Å². The van der Waals surface area contributed by atoms with Gasteiger partial charge in [-0.2, -0.15) is 0 Å². The molecule has 0 saturated carbocycles. The van der Waals surface area contributed by atoms with Crippen LogP contribution < -0.4 is 7.08 Å². The van der Waals surface area contributed by atoms with Crippen LogP contribution in [0.5, 0.6) is 0 Å². The quantitative estimate of drug-likeness (QED) is 0.420. The monoisotopic (exact) mass is 301 g/mol. The molecule has 0 saturated heterocycles. The van der Waals surface area contributed by atoms with Crippen LogP contribution in [0.1, 0.15) is 0 Å². The van der Waals surface area contributed by atoms with Gasteiger partial charge in [0.15, 0.2) is 0 Å². The van der Waals surface area contributed by atoms with Gasteiger partial charge in [-0.3, -0.25) is 0 Å². The average Bonchev–Trinajstić information content (AvgIpc) is 2.17. The van der Waals surface area contributed by atoms with Crippen molar-refractivity contribution in [3.8, 4) is 0 Å². The number of rotatable bonds is 6. The van der Waals surface area contributed by atoms with Crippen molar-refractivity contribution in [2.75, 3.05) is 0 Å². The summed E-state index contributed by atoms with van der Waals surface area (Å²) in [4.78, 5) is 22.0. The number of carbonyl (C=O) groups excluding carboxylic acids is 2. The molecule has 0 heterocycles. The predicted octanol–water partition coefficient (Wildman–Crippen LogP) is 0.265. The molecular weight excluding hydrogens is 287 g/mol.